The molecule has 2 aliphatic heterocycles. The van der Waals surface area contributed by atoms with Gasteiger partial charge in [-0.15, -0.1) is 0 Å². The molecule has 0 radical (unpaired) electrons. The molecule has 0 saturated carbocycles. The van der Waals surface area contributed by atoms with E-state index in [9.17, 15) is 4.79 Å². The normalized spacial score (nSPS) is 19.9. The molecule has 0 spiro atoms. The van der Waals surface area contributed by atoms with Crippen LogP contribution in [0.25, 0.3) is 0 Å². The van der Waals surface area contributed by atoms with Gasteiger partial charge >= 0.3 is 0 Å². The summed E-state index contributed by atoms with van der Waals surface area (Å²) in [6.07, 6.45) is 5.44. The molecule has 1 N–H and O–H groups in total. The summed E-state index contributed by atoms with van der Waals surface area (Å²) in [5, 5.41) is 2.74. The van der Waals surface area contributed by atoms with Crippen LogP contribution in [0.4, 0.5) is 5.82 Å². The standard InChI is InChI=1S/C21H26N4O2/c1-14-6-17(7-15(2)23-14)8-16-4-3-5-25(11-16)12-18-9-19-21(22-10-18)24-20(26)13-27-19/h6-7,9-10,16H,3-5,8,11-13H2,1-2H3,(H,22,24,26)/t16-/m1/s1. The summed E-state index contributed by atoms with van der Waals surface area (Å²) in [5.41, 5.74) is 4.72. The molecule has 4 heterocycles. The zero-order valence-corrected chi connectivity index (χ0v) is 16.0. The Bertz CT molecular complexity index is 832. The summed E-state index contributed by atoms with van der Waals surface area (Å²) in [6.45, 7) is 7.26. The van der Waals surface area contributed by atoms with Crippen LogP contribution in [0.1, 0.15) is 35.4 Å². The van der Waals surface area contributed by atoms with Gasteiger partial charge in [0.1, 0.15) is 0 Å². The van der Waals surface area contributed by atoms with Crippen molar-refractivity contribution in [2.45, 2.75) is 39.7 Å². The molecule has 0 unspecified atom stereocenters. The zero-order chi connectivity index (χ0) is 18.8. The number of hydrogen-bond acceptors (Lipinski definition) is 5. The van der Waals surface area contributed by atoms with Gasteiger partial charge < -0.3 is 10.1 Å². The highest BCUT2D eigenvalue weighted by Gasteiger charge is 2.22. The highest BCUT2D eigenvalue weighted by atomic mass is 16.5. The van der Waals surface area contributed by atoms with Crippen LogP contribution in [-0.4, -0.2) is 40.5 Å². The lowest BCUT2D eigenvalue weighted by Crippen LogP contribution is -2.36. The highest BCUT2D eigenvalue weighted by molar-refractivity contribution is 5.94. The van der Waals surface area contributed by atoms with Crippen LogP contribution in [-0.2, 0) is 17.8 Å². The highest BCUT2D eigenvalue weighted by Crippen LogP contribution is 2.28. The minimum Gasteiger partial charge on any atom is -0.480 e. The molecule has 1 atom stereocenters. The molecule has 1 amide bonds. The third-order valence-electron chi connectivity index (χ3n) is 5.20. The quantitative estimate of drug-likeness (QED) is 0.901. The van der Waals surface area contributed by atoms with E-state index in [-0.39, 0.29) is 12.5 Å². The fourth-order valence-corrected chi connectivity index (χ4v) is 4.18. The second-order valence-corrected chi connectivity index (χ2v) is 7.73. The van der Waals surface area contributed by atoms with E-state index >= 15 is 0 Å². The fraction of sp³-hybridized carbons (Fsp3) is 0.476. The van der Waals surface area contributed by atoms with Gasteiger partial charge in [-0.05, 0) is 74.9 Å². The summed E-state index contributed by atoms with van der Waals surface area (Å²) in [6, 6.07) is 6.43. The molecule has 1 fully saturated rings. The third-order valence-corrected chi connectivity index (χ3v) is 5.20. The largest absolute Gasteiger partial charge is 0.480 e. The van der Waals surface area contributed by atoms with Gasteiger partial charge in [-0.3, -0.25) is 14.7 Å². The average molecular weight is 366 g/mol. The summed E-state index contributed by atoms with van der Waals surface area (Å²) >= 11 is 0. The molecule has 2 aromatic rings. The first-order valence-corrected chi connectivity index (χ1v) is 9.63. The zero-order valence-electron chi connectivity index (χ0n) is 16.0. The van der Waals surface area contributed by atoms with Crippen LogP contribution in [0.5, 0.6) is 5.75 Å². The Morgan fingerprint density at radius 1 is 1.22 bits per heavy atom. The van der Waals surface area contributed by atoms with Crippen molar-refractivity contribution in [1.29, 1.82) is 0 Å². The fourth-order valence-electron chi connectivity index (χ4n) is 4.18. The van der Waals surface area contributed by atoms with Crippen LogP contribution < -0.4 is 10.1 Å². The number of amides is 1. The smallest absolute Gasteiger partial charge is 0.263 e. The van der Waals surface area contributed by atoms with E-state index in [4.69, 9.17) is 4.74 Å². The van der Waals surface area contributed by atoms with Crippen LogP contribution in [0.3, 0.4) is 0 Å². The molecule has 142 valence electrons. The average Bonchev–Trinajstić information content (AvgIpc) is 2.61. The Morgan fingerprint density at radius 2 is 2.04 bits per heavy atom. The van der Waals surface area contributed by atoms with Crippen molar-refractivity contribution in [3.8, 4) is 5.75 Å². The maximum atomic E-state index is 11.4. The molecule has 2 aliphatic rings. The van der Waals surface area contributed by atoms with Gasteiger partial charge in [0.05, 0.1) is 0 Å². The summed E-state index contributed by atoms with van der Waals surface area (Å²) in [5.74, 6) is 1.71. The molecule has 1 saturated heterocycles. The number of aromatic nitrogens is 2. The first kappa shape index (κ1) is 17.9. The second kappa shape index (κ2) is 7.64. The predicted molar refractivity (Wildman–Crippen MR) is 104 cm³/mol. The number of nitrogens with one attached hydrogen (secondary N) is 1. The monoisotopic (exact) mass is 366 g/mol. The van der Waals surface area contributed by atoms with Crippen molar-refractivity contribution >= 4 is 11.7 Å². The molecule has 0 aliphatic carbocycles. The van der Waals surface area contributed by atoms with Gasteiger partial charge in [0, 0.05) is 30.7 Å². The SMILES string of the molecule is Cc1cc(C[C@H]2CCCN(Cc3cnc4c(c3)OCC(=O)N4)C2)cc(C)n1. The molecular formula is C21H26N4O2. The number of carbonyl (C=O) groups excluding carboxylic acids is 1. The number of ether oxygens (including phenoxy) is 1. The van der Waals surface area contributed by atoms with E-state index in [0.717, 1.165) is 43.0 Å². The first-order valence-electron chi connectivity index (χ1n) is 9.63. The van der Waals surface area contributed by atoms with Crippen LogP contribution in [0.2, 0.25) is 0 Å². The van der Waals surface area contributed by atoms with Crippen LogP contribution >= 0.6 is 0 Å². The number of rotatable bonds is 4. The Hall–Kier alpha value is -2.47. The van der Waals surface area contributed by atoms with E-state index in [0.29, 0.717) is 17.5 Å². The number of carbonyl (C=O) groups is 1. The van der Waals surface area contributed by atoms with Gasteiger partial charge in [-0.1, -0.05) is 0 Å². The van der Waals surface area contributed by atoms with Crippen molar-refractivity contribution in [2.24, 2.45) is 5.92 Å². The lowest BCUT2D eigenvalue weighted by Gasteiger charge is -2.33. The number of pyridine rings is 2. The number of anilines is 1. The molecule has 2 aromatic heterocycles. The maximum absolute atomic E-state index is 11.4. The number of fused-ring (bicyclic) bond motifs is 1. The molecule has 27 heavy (non-hydrogen) atoms. The van der Waals surface area contributed by atoms with Gasteiger partial charge in [-0.2, -0.15) is 0 Å². The van der Waals surface area contributed by atoms with E-state index in [1.807, 2.05) is 12.3 Å². The molecular weight excluding hydrogens is 340 g/mol. The molecule has 6 nitrogen and oxygen atoms in total. The van der Waals surface area contributed by atoms with Crippen molar-refractivity contribution in [1.82, 2.24) is 14.9 Å². The van der Waals surface area contributed by atoms with E-state index in [1.54, 1.807) is 0 Å². The van der Waals surface area contributed by atoms with Gasteiger partial charge in [0.15, 0.2) is 18.2 Å². The summed E-state index contributed by atoms with van der Waals surface area (Å²) in [7, 11) is 0. The number of piperidine rings is 1. The van der Waals surface area contributed by atoms with Crippen molar-refractivity contribution in [3.05, 3.63) is 46.9 Å². The van der Waals surface area contributed by atoms with E-state index in [1.165, 1.54) is 18.4 Å². The first-order chi connectivity index (χ1) is 13.0. The summed E-state index contributed by atoms with van der Waals surface area (Å²) < 4.78 is 5.49. The van der Waals surface area contributed by atoms with E-state index in [2.05, 4.69) is 46.2 Å². The van der Waals surface area contributed by atoms with Gasteiger partial charge in [0.25, 0.3) is 5.91 Å². The van der Waals surface area contributed by atoms with Crippen molar-refractivity contribution in [2.75, 3.05) is 25.0 Å². The second-order valence-electron chi connectivity index (χ2n) is 7.73. The lowest BCUT2D eigenvalue weighted by atomic mass is 9.91. The molecule has 6 heteroatoms. The Kier molecular flexibility index (Phi) is 5.07. The van der Waals surface area contributed by atoms with Gasteiger partial charge in [-0.25, -0.2) is 4.98 Å². The van der Waals surface area contributed by atoms with Crippen molar-refractivity contribution < 1.29 is 9.53 Å². The lowest BCUT2D eigenvalue weighted by molar-refractivity contribution is -0.118. The van der Waals surface area contributed by atoms with Crippen molar-refractivity contribution in [3.63, 3.8) is 0 Å². The molecule has 4 rings (SSSR count). The Balaban J connectivity index is 1.39. The minimum atomic E-state index is -0.150. The number of nitrogens with zero attached hydrogens (tertiary/aromatic N) is 3. The maximum Gasteiger partial charge on any atom is 0.263 e. The number of aryl methyl sites for hydroxylation is 2. The van der Waals surface area contributed by atoms with Crippen LogP contribution in [0.15, 0.2) is 24.4 Å². The predicted octanol–water partition coefficient (Wildman–Crippen LogP) is 2.88. The third kappa shape index (κ3) is 4.45. The minimum absolute atomic E-state index is 0.0642. The van der Waals surface area contributed by atoms with Gasteiger partial charge in [0.2, 0.25) is 0 Å². The summed E-state index contributed by atoms with van der Waals surface area (Å²) in [4.78, 5) is 22.7. The Labute approximate surface area is 160 Å². The van der Waals surface area contributed by atoms with E-state index < -0.39 is 0 Å². The molecule has 0 aromatic carbocycles. The number of hydrogen-bond donors (Lipinski definition) is 1. The Morgan fingerprint density at radius 3 is 2.85 bits per heavy atom. The number of likely N-dealkylation sites (tertiary alicyclic amines) is 1. The van der Waals surface area contributed by atoms with Crippen LogP contribution in [0, 0.1) is 19.8 Å². The topological polar surface area (TPSA) is 67.4 Å². The molecule has 0 bridgehead atoms.